The normalized spacial score (nSPS) is 20.8. The molecule has 0 spiro atoms. The molecule has 1 heterocycles. The number of nitrogens with zero attached hydrogens (tertiary/aromatic N) is 1. The van der Waals surface area contributed by atoms with Crippen molar-refractivity contribution in [3.63, 3.8) is 0 Å². The Kier molecular flexibility index (Phi) is 4.86. The average Bonchev–Trinajstić information content (AvgIpc) is 3.15. The molecule has 1 aromatic carbocycles. The minimum absolute atomic E-state index is 0.275. The zero-order chi connectivity index (χ0) is 16.2. The van der Waals surface area contributed by atoms with E-state index in [1.807, 2.05) is 25.1 Å². The van der Waals surface area contributed by atoms with E-state index < -0.39 is 0 Å². The van der Waals surface area contributed by atoms with Crippen LogP contribution in [0.3, 0.4) is 0 Å². The molecule has 5 heteroatoms. The first-order valence-corrected chi connectivity index (χ1v) is 8.17. The van der Waals surface area contributed by atoms with E-state index in [1.54, 1.807) is 13.2 Å². The van der Waals surface area contributed by atoms with E-state index in [2.05, 4.69) is 10.5 Å². The summed E-state index contributed by atoms with van der Waals surface area (Å²) in [5, 5.41) is 17.6. The molecule has 3 rings (SSSR count). The number of hydrogen-bond donors (Lipinski definition) is 2. The van der Waals surface area contributed by atoms with Gasteiger partial charge in [0.05, 0.1) is 12.8 Å². The summed E-state index contributed by atoms with van der Waals surface area (Å²) < 4.78 is 10.5. The first-order valence-electron chi connectivity index (χ1n) is 8.17. The topological polar surface area (TPSA) is 67.5 Å². The molecule has 0 radical (unpaired) electrons. The summed E-state index contributed by atoms with van der Waals surface area (Å²) in [6.07, 6.45) is 4.51. The van der Waals surface area contributed by atoms with E-state index >= 15 is 0 Å². The van der Waals surface area contributed by atoms with Crippen molar-refractivity contribution in [3.8, 4) is 11.5 Å². The summed E-state index contributed by atoms with van der Waals surface area (Å²) in [7, 11) is 1.60. The number of aromatic nitrogens is 1. The number of phenols is 1. The smallest absolute Gasteiger partial charge is 0.137 e. The Morgan fingerprint density at radius 1 is 1.35 bits per heavy atom. The standard InChI is InChI=1S/C18H24N2O3/c1-12-8-16(23-20-12)9-13-4-3-5-17(13)19-11-14-6-7-15(22-2)10-18(14)21/h6-8,10,13,17,19,21H,3-5,9,11H2,1-2H3/t13-,17+/m0/s1. The molecule has 1 aliphatic carbocycles. The van der Waals surface area contributed by atoms with Gasteiger partial charge in [0.2, 0.25) is 0 Å². The van der Waals surface area contributed by atoms with Crippen molar-refractivity contribution in [3.05, 3.63) is 41.3 Å². The minimum Gasteiger partial charge on any atom is -0.507 e. The first kappa shape index (κ1) is 15.9. The fourth-order valence-corrected chi connectivity index (χ4v) is 3.38. The van der Waals surface area contributed by atoms with Gasteiger partial charge in [-0.15, -0.1) is 0 Å². The number of rotatable bonds is 6. The van der Waals surface area contributed by atoms with E-state index in [9.17, 15) is 5.11 Å². The molecule has 0 amide bonds. The van der Waals surface area contributed by atoms with Gasteiger partial charge < -0.3 is 19.7 Å². The van der Waals surface area contributed by atoms with Gasteiger partial charge >= 0.3 is 0 Å². The molecule has 0 aliphatic heterocycles. The van der Waals surface area contributed by atoms with Gasteiger partial charge in [0.25, 0.3) is 0 Å². The molecule has 2 aromatic rings. The van der Waals surface area contributed by atoms with Crippen molar-refractivity contribution in [2.24, 2.45) is 5.92 Å². The molecule has 0 bridgehead atoms. The summed E-state index contributed by atoms with van der Waals surface area (Å²) in [5.41, 5.74) is 1.83. The van der Waals surface area contributed by atoms with E-state index in [0.717, 1.165) is 29.9 Å². The van der Waals surface area contributed by atoms with Crippen LogP contribution in [0.15, 0.2) is 28.8 Å². The quantitative estimate of drug-likeness (QED) is 0.856. The van der Waals surface area contributed by atoms with Crippen LogP contribution in [0.25, 0.3) is 0 Å². The maximum absolute atomic E-state index is 10.1. The van der Waals surface area contributed by atoms with Gasteiger partial charge in [-0.3, -0.25) is 0 Å². The van der Waals surface area contributed by atoms with Crippen molar-refractivity contribution in [2.75, 3.05) is 7.11 Å². The zero-order valence-electron chi connectivity index (χ0n) is 13.7. The van der Waals surface area contributed by atoms with Gasteiger partial charge in [-0.2, -0.15) is 0 Å². The predicted octanol–water partition coefficient (Wildman–Crippen LogP) is 3.20. The summed E-state index contributed by atoms with van der Waals surface area (Å²) in [6, 6.07) is 7.90. The second-order valence-electron chi connectivity index (χ2n) is 6.31. The number of ether oxygens (including phenoxy) is 1. The van der Waals surface area contributed by atoms with E-state index in [-0.39, 0.29) is 5.75 Å². The Hall–Kier alpha value is -2.01. The van der Waals surface area contributed by atoms with Crippen LogP contribution in [0.4, 0.5) is 0 Å². The molecular formula is C18H24N2O3. The first-order chi connectivity index (χ1) is 11.2. The fourth-order valence-electron chi connectivity index (χ4n) is 3.38. The molecule has 0 unspecified atom stereocenters. The molecule has 23 heavy (non-hydrogen) atoms. The van der Waals surface area contributed by atoms with Crippen molar-refractivity contribution in [1.29, 1.82) is 0 Å². The third kappa shape index (κ3) is 3.85. The molecule has 5 nitrogen and oxygen atoms in total. The summed E-state index contributed by atoms with van der Waals surface area (Å²) in [5.74, 6) is 2.47. The predicted molar refractivity (Wildman–Crippen MR) is 87.6 cm³/mol. The highest BCUT2D eigenvalue weighted by molar-refractivity contribution is 5.39. The maximum Gasteiger partial charge on any atom is 0.137 e. The van der Waals surface area contributed by atoms with Crippen LogP contribution in [0.1, 0.15) is 36.3 Å². The SMILES string of the molecule is COc1ccc(CN[C@@H]2CCC[C@H]2Cc2cc(C)no2)c(O)c1. The van der Waals surface area contributed by atoms with Crippen LogP contribution in [-0.2, 0) is 13.0 Å². The molecule has 1 saturated carbocycles. The summed E-state index contributed by atoms with van der Waals surface area (Å²) >= 11 is 0. The van der Waals surface area contributed by atoms with Crippen LogP contribution in [0.2, 0.25) is 0 Å². The van der Waals surface area contributed by atoms with Gasteiger partial charge in [0.1, 0.15) is 17.3 Å². The van der Waals surface area contributed by atoms with Crippen molar-refractivity contribution < 1.29 is 14.4 Å². The number of methoxy groups -OCH3 is 1. The lowest BCUT2D eigenvalue weighted by Crippen LogP contribution is -2.32. The zero-order valence-corrected chi connectivity index (χ0v) is 13.7. The summed E-state index contributed by atoms with van der Waals surface area (Å²) in [4.78, 5) is 0. The Bertz CT molecular complexity index is 653. The third-order valence-electron chi connectivity index (χ3n) is 4.65. The van der Waals surface area contributed by atoms with Crippen LogP contribution in [-0.4, -0.2) is 23.4 Å². The van der Waals surface area contributed by atoms with Crippen LogP contribution in [0, 0.1) is 12.8 Å². The number of nitrogens with one attached hydrogen (secondary N) is 1. The number of benzene rings is 1. The van der Waals surface area contributed by atoms with Gasteiger partial charge in [-0.25, -0.2) is 0 Å². The van der Waals surface area contributed by atoms with E-state index in [0.29, 0.717) is 24.3 Å². The van der Waals surface area contributed by atoms with Gasteiger partial charge in [-0.1, -0.05) is 17.6 Å². The average molecular weight is 316 g/mol. The highest BCUT2D eigenvalue weighted by atomic mass is 16.5. The number of phenolic OH excluding ortho intramolecular Hbond substituents is 1. The molecule has 1 fully saturated rings. The molecule has 124 valence electrons. The lowest BCUT2D eigenvalue weighted by Gasteiger charge is -2.20. The van der Waals surface area contributed by atoms with Crippen molar-refractivity contribution in [1.82, 2.24) is 10.5 Å². The Labute approximate surface area is 136 Å². The highest BCUT2D eigenvalue weighted by Crippen LogP contribution is 2.30. The largest absolute Gasteiger partial charge is 0.507 e. The molecule has 2 atom stereocenters. The van der Waals surface area contributed by atoms with Crippen molar-refractivity contribution >= 4 is 0 Å². The Balaban J connectivity index is 1.58. The fraction of sp³-hybridized carbons (Fsp3) is 0.500. The number of aryl methyl sites for hydroxylation is 1. The second kappa shape index (κ2) is 7.04. The van der Waals surface area contributed by atoms with Crippen LogP contribution < -0.4 is 10.1 Å². The van der Waals surface area contributed by atoms with Gasteiger partial charge in [0.15, 0.2) is 0 Å². The van der Waals surface area contributed by atoms with Crippen LogP contribution in [0.5, 0.6) is 11.5 Å². The molecular weight excluding hydrogens is 292 g/mol. The van der Waals surface area contributed by atoms with Crippen molar-refractivity contribution in [2.45, 2.75) is 45.2 Å². The lowest BCUT2D eigenvalue weighted by molar-refractivity contribution is 0.328. The lowest BCUT2D eigenvalue weighted by atomic mass is 9.97. The monoisotopic (exact) mass is 316 g/mol. The maximum atomic E-state index is 10.1. The van der Waals surface area contributed by atoms with Crippen LogP contribution >= 0.6 is 0 Å². The Morgan fingerprint density at radius 3 is 2.91 bits per heavy atom. The highest BCUT2D eigenvalue weighted by Gasteiger charge is 2.28. The Morgan fingerprint density at radius 2 is 2.22 bits per heavy atom. The van der Waals surface area contributed by atoms with Gasteiger partial charge in [0, 0.05) is 36.7 Å². The number of hydrogen-bond acceptors (Lipinski definition) is 5. The molecule has 0 saturated heterocycles. The molecule has 1 aromatic heterocycles. The number of aromatic hydroxyl groups is 1. The summed E-state index contributed by atoms with van der Waals surface area (Å²) in [6.45, 7) is 2.61. The third-order valence-corrected chi connectivity index (χ3v) is 4.65. The molecule has 1 aliphatic rings. The molecule has 2 N–H and O–H groups in total. The minimum atomic E-state index is 0.275. The van der Waals surface area contributed by atoms with Gasteiger partial charge in [-0.05, 0) is 31.7 Å². The van der Waals surface area contributed by atoms with E-state index in [1.165, 1.54) is 12.8 Å². The second-order valence-corrected chi connectivity index (χ2v) is 6.31. The van der Waals surface area contributed by atoms with E-state index in [4.69, 9.17) is 9.26 Å².